The number of hydrogen-bond donors (Lipinski definition) is 2. The van der Waals surface area contributed by atoms with Crippen LogP contribution in [0.4, 0.5) is 0 Å². The van der Waals surface area contributed by atoms with Gasteiger partial charge in [0.1, 0.15) is 0 Å². The number of carbonyl (C=O) groups is 1. The van der Waals surface area contributed by atoms with Crippen LogP contribution in [-0.2, 0) is 4.79 Å². The third-order valence-corrected chi connectivity index (χ3v) is 4.38. The maximum atomic E-state index is 11.5. The summed E-state index contributed by atoms with van der Waals surface area (Å²) in [6, 6.07) is 8.06. The molecule has 0 aliphatic carbocycles. The SMILES string of the molecule is CNCCCNC(=O)CCSc1ccccc1Br. The van der Waals surface area contributed by atoms with Crippen molar-refractivity contribution in [3.63, 3.8) is 0 Å². The molecule has 0 saturated heterocycles. The number of rotatable bonds is 8. The predicted molar refractivity (Wildman–Crippen MR) is 81.0 cm³/mol. The molecule has 100 valence electrons. The molecule has 0 saturated carbocycles. The van der Waals surface area contributed by atoms with Crippen LogP contribution in [-0.4, -0.2) is 31.8 Å². The molecule has 3 nitrogen and oxygen atoms in total. The van der Waals surface area contributed by atoms with Gasteiger partial charge in [-0.2, -0.15) is 0 Å². The van der Waals surface area contributed by atoms with Crippen LogP contribution in [0.25, 0.3) is 0 Å². The maximum absolute atomic E-state index is 11.5. The Morgan fingerprint density at radius 2 is 2.11 bits per heavy atom. The molecule has 0 unspecified atom stereocenters. The first-order valence-corrected chi connectivity index (χ1v) is 7.80. The molecular weight excluding hydrogens is 312 g/mol. The molecule has 2 N–H and O–H groups in total. The smallest absolute Gasteiger partial charge is 0.220 e. The molecule has 0 aliphatic rings. The fraction of sp³-hybridized carbons (Fsp3) is 0.462. The number of halogens is 1. The number of carbonyl (C=O) groups excluding carboxylic acids is 1. The quantitative estimate of drug-likeness (QED) is 0.568. The molecule has 0 aromatic heterocycles. The van der Waals surface area contributed by atoms with Gasteiger partial charge in [-0.3, -0.25) is 4.79 Å². The Morgan fingerprint density at radius 1 is 1.33 bits per heavy atom. The highest BCUT2D eigenvalue weighted by atomic mass is 79.9. The van der Waals surface area contributed by atoms with Gasteiger partial charge < -0.3 is 10.6 Å². The van der Waals surface area contributed by atoms with Crippen molar-refractivity contribution in [3.05, 3.63) is 28.7 Å². The number of thioether (sulfide) groups is 1. The fourth-order valence-corrected chi connectivity index (χ4v) is 2.91. The Bertz CT molecular complexity index is 374. The van der Waals surface area contributed by atoms with E-state index in [9.17, 15) is 4.79 Å². The monoisotopic (exact) mass is 330 g/mol. The topological polar surface area (TPSA) is 41.1 Å². The van der Waals surface area contributed by atoms with E-state index >= 15 is 0 Å². The van der Waals surface area contributed by atoms with Gasteiger partial charge in [0.15, 0.2) is 0 Å². The van der Waals surface area contributed by atoms with E-state index in [1.165, 1.54) is 4.90 Å². The molecule has 5 heteroatoms. The highest BCUT2D eigenvalue weighted by Crippen LogP contribution is 2.27. The van der Waals surface area contributed by atoms with Crippen molar-refractivity contribution in [1.82, 2.24) is 10.6 Å². The van der Waals surface area contributed by atoms with Gasteiger partial charge in [0.25, 0.3) is 0 Å². The zero-order valence-corrected chi connectivity index (χ0v) is 12.9. The van der Waals surface area contributed by atoms with Gasteiger partial charge in [0.05, 0.1) is 0 Å². The first-order valence-electron chi connectivity index (χ1n) is 6.02. The van der Waals surface area contributed by atoms with Gasteiger partial charge in [-0.1, -0.05) is 12.1 Å². The normalized spacial score (nSPS) is 10.3. The highest BCUT2D eigenvalue weighted by molar-refractivity contribution is 9.10. The van der Waals surface area contributed by atoms with Gasteiger partial charge >= 0.3 is 0 Å². The number of hydrogen-bond acceptors (Lipinski definition) is 3. The van der Waals surface area contributed by atoms with Crippen LogP contribution in [0.5, 0.6) is 0 Å². The van der Waals surface area contributed by atoms with E-state index in [-0.39, 0.29) is 5.91 Å². The molecule has 18 heavy (non-hydrogen) atoms. The van der Waals surface area contributed by atoms with Crippen LogP contribution in [0.3, 0.4) is 0 Å². The van der Waals surface area contributed by atoms with E-state index in [2.05, 4.69) is 32.6 Å². The molecule has 0 atom stereocenters. The molecular formula is C13H19BrN2OS. The van der Waals surface area contributed by atoms with Gasteiger partial charge in [-0.25, -0.2) is 0 Å². The van der Waals surface area contributed by atoms with Gasteiger partial charge in [-0.15, -0.1) is 11.8 Å². The minimum Gasteiger partial charge on any atom is -0.356 e. The van der Waals surface area contributed by atoms with Crippen LogP contribution in [0.15, 0.2) is 33.6 Å². The Balaban J connectivity index is 2.14. The summed E-state index contributed by atoms with van der Waals surface area (Å²) in [7, 11) is 1.91. The molecule has 0 bridgehead atoms. The second kappa shape index (κ2) is 9.42. The van der Waals surface area contributed by atoms with Crippen molar-refractivity contribution in [2.45, 2.75) is 17.7 Å². The zero-order chi connectivity index (χ0) is 13.2. The van der Waals surface area contributed by atoms with E-state index in [1.807, 2.05) is 25.2 Å². The first-order chi connectivity index (χ1) is 8.74. The second-order valence-electron chi connectivity index (χ2n) is 3.84. The molecule has 0 aliphatic heterocycles. The predicted octanol–water partition coefficient (Wildman–Crippen LogP) is 2.66. The molecule has 0 fully saturated rings. The van der Waals surface area contributed by atoms with Crippen LogP contribution < -0.4 is 10.6 Å². The number of nitrogens with one attached hydrogen (secondary N) is 2. The van der Waals surface area contributed by atoms with Crippen molar-refractivity contribution >= 4 is 33.6 Å². The van der Waals surface area contributed by atoms with Crippen LogP contribution in [0.2, 0.25) is 0 Å². The van der Waals surface area contributed by atoms with Crippen molar-refractivity contribution in [2.75, 3.05) is 25.9 Å². The Labute approximate surface area is 121 Å². The Morgan fingerprint density at radius 3 is 2.83 bits per heavy atom. The third kappa shape index (κ3) is 6.42. The summed E-state index contributed by atoms with van der Waals surface area (Å²) in [6.45, 7) is 1.69. The summed E-state index contributed by atoms with van der Waals surface area (Å²) in [5.41, 5.74) is 0. The number of amides is 1. The summed E-state index contributed by atoms with van der Waals surface area (Å²) >= 11 is 5.19. The molecule has 1 aromatic carbocycles. The first kappa shape index (κ1) is 15.5. The summed E-state index contributed by atoms with van der Waals surface area (Å²) < 4.78 is 1.09. The van der Waals surface area contributed by atoms with E-state index < -0.39 is 0 Å². The molecule has 1 amide bonds. The highest BCUT2D eigenvalue weighted by Gasteiger charge is 2.03. The largest absolute Gasteiger partial charge is 0.356 e. The van der Waals surface area contributed by atoms with Gasteiger partial charge in [0.2, 0.25) is 5.91 Å². The van der Waals surface area contributed by atoms with Crippen molar-refractivity contribution < 1.29 is 4.79 Å². The molecule has 0 spiro atoms. The number of benzene rings is 1. The molecule has 1 aromatic rings. The van der Waals surface area contributed by atoms with E-state index in [0.29, 0.717) is 6.42 Å². The summed E-state index contributed by atoms with van der Waals surface area (Å²) in [5, 5.41) is 5.97. The van der Waals surface area contributed by atoms with E-state index in [0.717, 1.165) is 29.7 Å². The summed E-state index contributed by atoms with van der Waals surface area (Å²) in [5.74, 6) is 0.936. The van der Waals surface area contributed by atoms with Crippen LogP contribution >= 0.6 is 27.7 Å². The second-order valence-corrected chi connectivity index (χ2v) is 5.83. The molecule has 0 heterocycles. The standard InChI is InChI=1S/C13H19BrN2OS/c1-15-8-4-9-16-13(17)7-10-18-12-6-3-2-5-11(12)14/h2-3,5-6,15H,4,7-10H2,1H3,(H,16,17). The van der Waals surface area contributed by atoms with Gasteiger partial charge in [0, 0.05) is 28.1 Å². The third-order valence-electron chi connectivity index (χ3n) is 2.35. The molecule has 0 radical (unpaired) electrons. The average molecular weight is 331 g/mol. The lowest BCUT2D eigenvalue weighted by molar-refractivity contribution is -0.120. The maximum Gasteiger partial charge on any atom is 0.220 e. The zero-order valence-electron chi connectivity index (χ0n) is 10.5. The van der Waals surface area contributed by atoms with E-state index in [1.54, 1.807) is 11.8 Å². The lowest BCUT2D eigenvalue weighted by atomic mass is 10.4. The van der Waals surface area contributed by atoms with Crippen LogP contribution in [0, 0.1) is 0 Å². The Hall–Kier alpha value is -0.520. The minimum absolute atomic E-state index is 0.130. The fourth-order valence-electron chi connectivity index (χ4n) is 1.40. The van der Waals surface area contributed by atoms with Crippen molar-refractivity contribution in [2.24, 2.45) is 0 Å². The summed E-state index contributed by atoms with van der Waals surface area (Å²) in [4.78, 5) is 12.7. The Kier molecular flexibility index (Phi) is 8.13. The average Bonchev–Trinajstić information content (AvgIpc) is 2.37. The lowest BCUT2D eigenvalue weighted by Gasteiger charge is -2.06. The molecule has 1 rings (SSSR count). The summed E-state index contributed by atoms with van der Waals surface area (Å²) in [6.07, 6.45) is 1.53. The van der Waals surface area contributed by atoms with Crippen LogP contribution in [0.1, 0.15) is 12.8 Å². The van der Waals surface area contributed by atoms with E-state index in [4.69, 9.17) is 0 Å². The van der Waals surface area contributed by atoms with Gasteiger partial charge in [-0.05, 0) is 48.1 Å². The van der Waals surface area contributed by atoms with Crippen molar-refractivity contribution in [1.29, 1.82) is 0 Å². The van der Waals surface area contributed by atoms with Crippen molar-refractivity contribution in [3.8, 4) is 0 Å². The lowest BCUT2D eigenvalue weighted by Crippen LogP contribution is -2.26. The minimum atomic E-state index is 0.130.